The fraction of sp³-hybridized carbons (Fsp3) is 0.792. The summed E-state index contributed by atoms with van der Waals surface area (Å²) < 4.78 is 33.6. The van der Waals surface area contributed by atoms with E-state index < -0.39 is 13.9 Å². The number of carbonyl (C=O) groups excluding carboxylic acids is 1. The van der Waals surface area contributed by atoms with E-state index in [1.54, 1.807) is 0 Å². The lowest BCUT2D eigenvalue weighted by atomic mass is 10.0. The molecule has 3 N–H and O–H groups in total. The summed E-state index contributed by atoms with van der Waals surface area (Å²) in [6.07, 6.45) is 62.5. The van der Waals surface area contributed by atoms with Gasteiger partial charge in [-0.3, -0.25) is 13.8 Å². The van der Waals surface area contributed by atoms with Crippen molar-refractivity contribution < 1.29 is 32.8 Å². The van der Waals surface area contributed by atoms with Gasteiger partial charge in [0.1, 0.15) is 6.10 Å². The minimum absolute atomic E-state index is 0.0967. The van der Waals surface area contributed by atoms with Gasteiger partial charge in [-0.15, -0.1) is 0 Å². The molecule has 0 aromatic heterocycles. The Hall–Kier alpha value is -1.80. The Morgan fingerprint density at radius 1 is 0.484 bits per heavy atom. The second-order valence-electron chi connectivity index (χ2n) is 17.0. The highest BCUT2D eigenvalue weighted by Gasteiger charge is 2.25. The molecule has 0 aliphatic carbocycles. The van der Waals surface area contributed by atoms with E-state index in [2.05, 4.69) is 74.6 Å². The molecule has 8 nitrogen and oxygen atoms in total. The first-order valence-corrected chi connectivity index (χ1v) is 27.3. The Labute approximate surface area is 383 Å². The van der Waals surface area contributed by atoms with Crippen LogP contribution in [0, 0.1) is 0 Å². The van der Waals surface area contributed by atoms with Crippen LogP contribution in [-0.4, -0.2) is 49.9 Å². The maximum absolute atomic E-state index is 12.7. The van der Waals surface area contributed by atoms with Crippen molar-refractivity contribution in [3.8, 4) is 0 Å². The van der Waals surface area contributed by atoms with Crippen molar-refractivity contribution >= 4 is 13.8 Å². The Bertz CT molecular complexity index is 1140. The van der Waals surface area contributed by atoms with Crippen LogP contribution in [0.15, 0.2) is 60.8 Å². The van der Waals surface area contributed by atoms with Gasteiger partial charge in [0.2, 0.25) is 0 Å². The lowest BCUT2D eigenvalue weighted by Crippen LogP contribution is -2.28. The van der Waals surface area contributed by atoms with E-state index in [0.29, 0.717) is 13.0 Å². The van der Waals surface area contributed by atoms with Crippen LogP contribution in [0.25, 0.3) is 0 Å². The summed E-state index contributed by atoms with van der Waals surface area (Å²) in [5.41, 5.74) is 5.39. The number of phosphoric ester groups is 1. The van der Waals surface area contributed by atoms with Crippen molar-refractivity contribution in [1.29, 1.82) is 0 Å². The molecule has 0 aromatic carbocycles. The molecule has 2 unspecified atom stereocenters. The molecule has 0 saturated carbocycles. The number of unbranched alkanes of at least 4 members (excludes halogenated alkanes) is 26. The number of hydrogen-bond donors (Lipinski definition) is 2. The van der Waals surface area contributed by atoms with Gasteiger partial charge in [-0.05, 0) is 83.5 Å². The first-order chi connectivity index (χ1) is 30.4. The van der Waals surface area contributed by atoms with Crippen molar-refractivity contribution in [3.63, 3.8) is 0 Å². The molecule has 0 aliphatic rings. The Kier molecular flexibility index (Phi) is 48.7. The molecule has 9 heteroatoms. The predicted molar refractivity (Wildman–Crippen MR) is 266 cm³/mol. The van der Waals surface area contributed by atoms with Crippen LogP contribution >= 0.6 is 7.82 Å². The summed E-state index contributed by atoms with van der Waals surface area (Å²) in [7, 11) is -4.29. The highest BCUT2D eigenvalue weighted by Crippen LogP contribution is 2.43. The van der Waals surface area contributed by atoms with E-state index in [-0.39, 0.29) is 32.3 Å². The normalized spacial score (nSPS) is 13.8. The third kappa shape index (κ3) is 49.2. The van der Waals surface area contributed by atoms with Gasteiger partial charge in [-0.1, -0.05) is 203 Å². The Morgan fingerprint density at radius 2 is 0.855 bits per heavy atom. The van der Waals surface area contributed by atoms with E-state index in [0.717, 1.165) is 51.4 Å². The van der Waals surface area contributed by atoms with Crippen molar-refractivity contribution in [3.05, 3.63) is 60.8 Å². The minimum Gasteiger partial charge on any atom is -0.457 e. The second-order valence-corrected chi connectivity index (χ2v) is 18.5. The van der Waals surface area contributed by atoms with Crippen molar-refractivity contribution in [2.75, 3.05) is 33.0 Å². The van der Waals surface area contributed by atoms with Crippen LogP contribution in [-0.2, 0) is 27.9 Å². The molecule has 0 aliphatic heterocycles. The van der Waals surface area contributed by atoms with Gasteiger partial charge in [-0.25, -0.2) is 4.57 Å². The van der Waals surface area contributed by atoms with E-state index in [1.165, 1.54) is 161 Å². The molecule has 62 heavy (non-hydrogen) atoms. The maximum atomic E-state index is 12.7. The molecule has 0 bridgehead atoms. The van der Waals surface area contributed by atoms with Crippen LogP contribution < -0.4 is 5.73 Å². The van der Waals surface area contributed by atoms with Gasteiger partial charge in [0.15, 0.2) is 0 Å². The molecular weight excluding hydrogens is 794 g/mol. The van der Waals surface area contributed by atoms with E-state index >= 15 is 0 Å². The first-order valence-electron chi connectivity index (χ1n) is 25.8. The molecule has 0 saturated heterocycles. The number of hydrogen-bond acceptors (Lipinski definition) is 7. The van der Waals surface area contributed by atoms with Crippen LogP contribution in [0.5, 0.6) is 0 Å². The molecule has 0 amide bonds. The minimum atomic E-state index is -4.29. The average Bonchev–Trinajstić information content (AvgIpc) is 3.26. The largest absolute Gasteiger partial charge is 0.472 e. The highest BCUT2D eigenvalue weighted by molar-refractivity contribution is 7.47. The first kappa shape index (κ1) is 60.2. The lowest BCUT2D eigenvalue weighted by Gasteiger charge is -2.20. The topological polar surface area (TPSA) is 117 Å². The number of esters is 1. The van der Waals surface area contributed by atoms with E-state index in [1.807, 2.05) is 0 Å². The molecular formula is C53H98NO7P. The number of allylic oxidation sites excluding steroid dienone is 10. The summed E-state index contributed by atoms with van der Waals surface area (Å²) in [6, 6.07) is 0. The highest BCUT2D eigenvalue weighted by atomic mass is 31.2. The standard InChI is InChI=1S/C53H98NO7P/c1-3-5-7-9-11-13-15-17-19-21-23-24-25-26-27-28-29-30-32-34-36-38-40-42-44-46-53(55)61-52(51-60-62(56,57)59-49-47-54)50-58-48-45-43-41-39-37-35-33-31-22-20-18-16-14-12-10-8-6-4-2/h12,14-15,17-18,20-21,23,25-26,52H,3-11,13,16,19,22,24,27-51,54H2,1-2H3,(H,56,57)/b14-12-,17-15-,20-18-,23-21-,26-25-. The molecule has 2 atom stereocenters. The van der Waals surface area contributed by atoms with Crippen molar-refractivity contribution in [2.24, 2.45) is 5.73 Å². The van der Waals surface area contributed by atoms with Gasteiger partial charge in [0.25, 0.3) is 0 Å². The van der Waals surface area contributed by atoms with Crippen LogP contribution in [0.2, 0.25) is 0 Å². The molecule has 0 spiro atoms. The Morgan fingerprint density at radius 3 is 1.31 bits per heavy atom. The zero-order chi connectivity index (χ0) is 45.1. The zero-order valence-electron chi connectivity index (χ0n) is 40.3. The SMILES string of the molecule is CCCCC/C=C\C/C=C\CCCCCCCCCCOCC(COP(=O)(O)OCCN)OC(=O)CCCCCCCCCCCC/C=C\C/C=C\C/C=C\CCCCCCC. The number of rotatable bonds is 49. The summed E-state index contributed by atoms with van der Waals surface area (Å²) in [5.74, 6) is -0.336. The summed E-state index contributed by atoms with van der Waals surface area (Å²) in [5, 5.41) is 0. The summed E-state index contributed by atoms with van der Waals surface area (Å²) in [6.45, 7) is 4.89. The monoisotopic (exact) mass is 892 g/mol. The number of carbonyl (C=O) groups is 1. The van der Waals surface area contributed by atoms with Gasteiger partial charge in [-0.2, -0.15) is 0 Å². The molecule has 0 aromatic rings. The lowest BCUT2D eigenvalue weighted by molar-refractivity contribution is -0.154. The smallest absolute Gasteiger partial charge is 0.457 e. The third-order valence-corrected chi connectivity index (χ3v) is 11.9. The third-order valence-electron chi connectivity index (χ3n) is 10.9. The number of nitrogens with two attached hydrogens (primary N) is 1. The maximum Gasteiger partial charge on any atom is 0.472 e. The summed E-state index contributed by atoms with van der Waals surface area (Å²) >= 11 is 0. The fourth-order valence-corrected chi connectivity index (χ4v) is 7.86. The van der Waals surface area contributed by atoms with E-state index in [9.17, 15) is 14.3 Å². The van der Waals surface area contributed by atoms with Gasteiger partial charge >= 0.3 is 13.8 Å². The van der Waals surface area contributed by atoms with Gasteiger partial charge in [0.05, 0.1) is 19.8 Å². The number of phosphoric acid groups is 1. The van der Waals surface area contributed by atoms with Gasteiger partial charge in [0, 0.05) is 19.6 Å². The van der Waals surface area contributed by atoms with Crippen LogP contribution in [0.3, 0.4) is 0 Å². The molecule has 0 radical (unpaired) electrons. The van der Waals surface area contributed by atoms with Crippen molar-refractivity contribution in [2.45, 2.75) is 238 Å². The predicted octanol–water partition coefficient (Wildman–Crippen LogP) is 16.1. The summed E-state index contributed by atoms with van der Waals surface area (Å²) in [4.78, 5) is 22.6. The molecule has 0 fully saturated rings. The Balaban J connectivity index is 3.96. The quantitative estimate of drug-likeness (QED) is 0.0268. The average molecular weight is 892 g/mol. The van der Waals surface area contributed by atoms with Crippen LogP contribution in [0.4, 0.5) is 0 Å². The molecule has 0 rings (SSSR count). The number of ether oxygens (including phenoxy) is 2. The van der Waals surface area contributed by atoms with E-state index in [4.69, 9.17) is 24.3 Å². The van der Waals surface area contributed by atoms with Gasteiger partial charge < -0.3 is 20.1 Å². The fourth-order valence-electron chi connectivity index (χ4n) is 7.09. The van der Waals surface area contributed by atoms with Crippen LogP contribution in [0.1, 0.15) is 232 Å². The van der Waals surface area contributed by atoms with Crippen molar-refractivity contribution in [1.82, 2.24) is 0 Å². The molecule has 362 valence electrons. The zero-order valence-corrected chi connectivity index (χ0v) is 41.2. The second kappa shape index (κ2) is 50.2. The molecule has 0 heterocycles.